The molecule has 1 aromatic heterocycles. The van der Waals surface area contributed by atoms with Crippen molar-refractivity contribution in [1.29, 1.82) is 0 Å². The van der Waals surface area contributed by atoms with Crippen molar-refractivity contribution < 1.29 is 17.5 Å². The van der Waals surface area contributed by atoms with Crippen LogP contribution in [0, 0.1) is 5.82 Å². The van der Waals surface area contributed by atoms with Crippen LogP contribution in [-0.4, -0.2) is 43.1 Å². The Morgan fingerprint density at radius 2 is 1.84 bits per heavy atom. The number of anilines is 2. The molecule has 0 atom stereocenters. The first-order valence-electron chi connectivity index (χ1n) is 9.63. The molecule has 31 heavy (non-hydrogen) atoms. The van der Waals surface area contributed by atoms with Crippen LogP contribution in [-0.2, 0) is 10.0 Å². The Hall–Kier alpha value is -2.75. The van der Waals surface area contributed by atoms with E-state index in [2.05, 4.69) is 15.5 Å². The Labute approximate surface area is 184 Å². The highest BCUT2D eigenvalue weighted by Crippen LogP contribution is 2.32. The van der Waals surface area contributed by atoms with Gasteiger partial charge in [-0.1, -0.05) is 11.6 Å². The van der Waals surface area contributed by atoms with E-state index in [1.807, 2.05) is 0 Å². The summed E-state index contributed by atoms with van der Waals surface area (Å²) in [6.45, 7) is 0.994. The van der Waals surface area contributed by atoms with Crippen molar-refractivity contribution in [2.24, 2.45) is 0 Å². The zero-order valence-electron chi connectivity index (χ0n) is 16.7. The van der Waals surface area contributed by atoms with E-state index in [4.69, 9.17) is 16.3 Å². The molecule has 1 aliphatic heterocycles. The lowest BCUT2D eigenvalue weighted by Gasteiger charge is -2.18. The van der Waals surface area contributed by atoms with Gasteiger partial charge in [-0.2, -0.15) is 4.31 Å². The maximum absolute atomic E-state index is 14.0. The van der Waals surface area contributed by atoms with Crippen LogP contribution in [0.25, 0.3) is 11.3 Å². The summed E-state index contributed by atoms with van der Waals surface area (Å²) in [7, 11) is -2.24. The quantitative estimate of drug-likeness (QED) is 0.581. The van der Waals surface area contributed by atoms with Gasteiger partial charge in [0.1, 0.15) is 16.5 Å². The normalized spacial score (nSPS) is 14.5. The third-order valence-corrected chi connectivity index (χ3v) is 7.16. The van der Waals surface area contributed by atoms with Gasteiger partial charge >= 0.3 is 0 Å². The molecular formula is C21H20ClFN4O3S. The average molecular weight is 463 g/mol. The van der Waals surface area contributed by atoms with Crippen LogP contribution >= 0.6 is 11.6 Å². The minimum absolute atomic E-state index is 0.0987. The van der Waals surface area contributed by atoms with Crippen molar-refractivity contribution in [3.63, 3.8) is 0 Å². The minimum Gasteiger partial charge on any atom is -0.495 e. The van der Waals surface area contributed by atoms with Crippen LogP contribution in [0.4, 0.5) is 15.9 Å². The van der Waals surface area contributed by atoms with Crippen LogP contribution in [0.2, 0.25) is 5.02 Å². The zero-order valence-corrected chi connectivity index (χ0v) is 18.3. The van der Waals surface area contributed by atoms with Gasteiger partial charge in [0.25, 0.3) is 0 Å². The second kappa shape index (κ2) is 8.78. The van der Waals surface area contributed by atoms with Crippen molar-refractivity contribution in [2.45, 2.75) is 17.7 Å². The van der Waals surface area contributed by atoms with Gasteiger partial charge in [0.05, 0.1) is 18.5 Å². The smallest absolute Gasteiger partial charge is 0.246 e. The van der Waals surface area contributed by atoms with Gasteiger partial charge in [-0.25, -0.2) is 12.8 Å². The Morgan fingerprint density at radius 3 is 2.48 bits per heavy atom. The molecule has 2 aromatic carbocycles. The van der Waals surface area contributed by atoms with Gasteiger partial charge in [0, 0.05) is 23.7 Å². The third kappa shape index (κ3) is 4.48. The predicted octanol–water partition coefficient (Wildman–Crippen LogP) is 4.47. The van der Waals surface area contributed by atoms with E-state index in [0.29, 0.717) is 35.2 Å². The van der Waals surface area contributed by atoms with Crippen molar-refractivity contribution >= 4 is 33.1 Å². The van der Waals surface area contributed by atoms with Crippen molar-refractivity contribution in [2.75, 3.05) is 25.5 Å². The fourth-order valence-electron chi connectivity index (χ4n) is 3.39. The van der Waals surface area contributed by atoms with Gasteiger partial charge in [0.2, 0.25) is 10.0 Å². The number of hydrogen-bond donors (Lipinski definition) is 1. The number of benzene rings is 2. The summed E-state index contributed by atoms with van der Waals surface area (Å²) in [4.78, 5) is 0.0987. The number of ether oxygens (including phenoxy) is 1. The van der Waals surface area contributed by atoms with Gasteiger partial charge in [0.15, 0.2) is 5.82 Å². The Morgan fingerprint density at radius 1 is 1.06 bits per heavy atom. The molecule has 0 bridgehead atoms. The summed E-state index contributed by atoms with van der Waals surface area (Å²) >= 11 is 5.77. The van der Waals surface area contributed by atoms with E-state index in [-0.39, 0.29) is 16.3 Å². The standard InChI is InChI=1S/C21H20ClFN4O3S/c1-30-19-8-4-14(12-20(19)31(28,29)27-10-2-3-11-27)17-7-9-21(26-25-17)24-18-6-5-15(22)13-16(18)23/h4-9,12-13H,2-3,10-11H2,1H3,(H,24,26). The molecule has 7 nitrogen and oxygen atoms in total. The molecule has 1 N–H and O–H groups in total. The van der Waals surface area contributed by atoms with E-state index in [9.17, 15) is 12.8 Å². The van der Waals surface area contributed by atoms with Crippen molar-refractivity contribution in [3.05, 3.63) is 59.4 Å². The lowest BCUT2D eigenvalue weighted by atomic mass is 10.1. The molecule has 0 radical (unpaired) electrons. The Balaban J connectivity index is 1.62. The first-order chi connectivity index (χ1) is 14.9. The molecule has 0 unspecified atom stereocenters. The Bertz CT molecular complexity index is 1200. The second-order valence-corrected chi connectivity index (χ2v) is 9.37. The maximum atomic E-state index is 14.0. The van der Waals surface area contributed by atoms with E-state index in [1.165, 1.54) is 23.5 Å². The number of methoxy groups -OCH3 is 1. The zero-order chi connectivity index (χ0) is 22.0. The second-order valence-electron chi connectivity index (χ2n) is 7.03. The number of nitrogens with zero attached hydrogens (tertiary/aromatic N) is 3. The summed E-state index contributed by atoms with van der Waals surface area (Å²) < 4.78 is 46.9. The molecule has 1 fully saturated rings. The van der Waals surface area contributed by atoms with Crippen LogP contribution in [0.5, 0.6) is 5.75 Å². The number of sulfonamides is 1. The topological polar surface area (TPSA) is 84.4 Å². The molecule has 1 aliphatic rings. The molecule has 0 aliphatic carbocycles. The highest BCUT2D eigenvalue weighted by Gasteiger charge is 2.30. The lowest BCUT2D eigenvalue weighted by Crippen LogP contribution is -2.28. The van der Waals surface area contributed by atoms with Crippen LogP contribution in [0.3, 0.4) is 0 Å². The molecule has 162 valence electrons. The molecule has 4 rings (SSSR count). The monoisotopic (exact) mass is 462 g/mol. The van der Waals surface area contributed by atoms with Gasteiger partial charge in [-0.3, -0.25) is 0 Å². The molecule has 10 heteroatoms. The first-order valence-corrected chi connectivity index (χ1v) is 11.4. The largest absolute Gasteiger partial charge is 0.495 e. The predicted molar refractivity (Wildman–Crippen MR) is 117 cm³/mol. The minimum atomic E-state index is -3.67. The van der Waals surface area contributed by atoms with E-state index in [0.717, 1.165) is 12.8 Å². The molecule has 0 saturated carbocycles. The number of hydrogen-bond acceptors (Lipinski definition) is 6. The molecule has 0 amide bonds. The highest BCUT2D eigenvalue weighted by atomic mass is 35.5. The summed E-state index contributed by atoms with van der Waals surface area (Å²) in [6.07, 6.45) is 1.69. The van der Waals surface area contributed by atoms with Crippen LogP contribution < -0.4 is 10.1 Å². The summed E-state index contributed by atoms with van der Waals surface area (Å²) in [5.41, 5.74) is 1.27. The molecular weight excluding hydrogens is 443 g/mol. The highest BCUT2D eigenvalue weighted by molar-refractivity contribution is 7.89. The number of aromatic nitrogens is 2. The van der Waals surface area contributed by atoms with E-state index >= 15 is 0 Å². The molecule has 2 heterocycles. The van der Waals surface area contributed by atoms with Crippen molar-refractivity contribution in [1.82, 2.24) is 14.5 Å². The number of halogens is 2. The molecule has 3 aromatic rings. The average Bonchev–Trinajstić information content (AvgIpc) is 3.32. The Kier molecular flexibility index (Phi) is 6.08. The third-order valence-electron chi connectivity index (χ3n) is 5.00. The summed E-state index contributed by atoms with van der Waals surface area (Å²) in [5.74, 6) is 0.105. The number of rotatable bonds is 6. The van der Waals surface area contributed by atoms with Gasteiger partial charge < -0.3 is 10.1 Å². The fourth-order valence-corrected chi connectivity index (χ4v) is 5.24. The summed E-state index contributed by atoms with van der Waals surface area (Å²) in [5, 5.41) is 11.4. The van der Waals surface area contributed by atoms with E-state index < -0.39 is 15.8 Å². The molecule has 1 saturated heterocycles. The van der Waals surface area contributed by atoms with Gasteiger partial charge in [-0.05, 0) is 61.4 Å². The fraction of sp³-hybridized carbons (Fsp3) is 0.238. The SMILES string of the molecule is COc1ccc(-c2ccc(Nc3ccc(Cl)cc3F)nn2)cc1S(=O)(=O)N1CCCC1. The maximum Gasteiger partial charge on any atom is 0.246 e. The van der Waals surface area contributed by atoms with Gasteiger partial charge in [-0.15, -0.1) is 10.2 Å². The van der Waals surface area contributed by atoms with Crippen LogP contribution in [0.1, 0.15) is 12.8 Å². The van der Waals surface area contributed by atoms with Crippen molar-refractivity contribution in [3.8, 4) is 17.0 Å². The van der Waals surface area contributed by atoms with Crippen LogP contribution in [0.15, 0.2) is 53.4 Å². The number of nitrogens with one attached hydrogen (secondary N) is 1. The first kappa shape index (κ1) is 21.5. The van der Waals surface area contributed by atoms with E-state index in [1.54, 1.807) is 36.4 Å². The summed E-state index contributed by atoms with van der Waals surface area (Å²) in [6, 6.07) is 12.5. The lowest BCUT2D eigenvalue weighted by molar-refractivity contribution is 0.398. The molecule has 0 spiro atoms.